The van der Waals surface area contributed by atoms with Crippen molar-refractivity contribution in [2.24, 2.45) is 0 Å². The summed E-state index contributed by atoms with van der Waals surface area (Å²) in [5.74, 6) is -2.63. The zero-order valence-corrected chi connectivity index (χ0v) is 11.9. The van der Waals surface area contributed by atoms with E-state index < -0.39 is 23.0 Å². The molecule has 6 heteroatoms. The van der Waals surface area contributed by atoms with Crippen LogP contribution < -0.4 is 5.43 Å². The van der Waals surface area contributed by atoms with E-state index in [1.54, 1.807) is 18.2 Å². The van der Waals surface area contributed by atoms with Crippen LogP contribution >= 0.6 is 0 Å². The molecule has 116 valence electrons. The predicted octanol–water partition coefficient (Wildman–Crippen LogP) is 3.52. The van der Waals surface area contributed by atoms with E-state index in [0.29, 0.717) is 5.56 Å². The van der Waals surface area contributed by atoms with Gasteiger partial charge in [0.2, 0.25) is 0 Å². The first-order chi connectivity index (χ1) is 11.0. The van der Waals surface area contributed by atoms with Gasteiger partial charge in [-0.05, 0) is 18.2 Å². The minimum Gasteiger partial charge on any atom is -0.465 e. The Morgan fingerprint density at radius 1 is 1.09 bits per heavy atom. The normalized spacial score (nSPS) is 10.7. The minimum atomic E-state index is -1.12. The van der Waals surface area contributed by atoms with Gasteiger partial charge in [-0.2, -0.15) is 0 Å². The first-order valence-electron chi connectivity index (χ1n) is 6.61. The van der Waals surface area contributed by atoms with Gasteiger partial charge in [0, 0.05) is 17.7 Å². The number of carbonyl (C=O) groups excluding carboxylic acids is 1. The Balaban J connectivity index is 2.19. The van der Waals surface area contributed by atoms with Crippen LogP contribution in [0.15, 0.2) is 51.7 Å². The molecule has 0 unspecified atom stereocenters. The first kappa shape index (κ1) is 14.9. The number of rotatable bonds is 2. The molecule has 0 radical (unpaired) electrons. The van der Waals surface area contributed by atoms with Crippen molar-refractivity contribution >= 4 is 16.9 Å². The summed E-state index contributed by atoms with van der Waals surface area (Å²) in [5.41, 5.74) is 0.133. The number of benzene rings is 2. The molecule has 0 atom stereocenters. The van der Waals surface area contributed by atoms with Crippen LogP contribution in [-0.4, -0.2) is 13.1 Å². The van der Waals surface area contributed by atoms with Crippen molar-refractivity contribution in [1.29, 1.82) is 0 Å². The molecule has 3 aromatic rings. The van der Waals surface area contributed by atoms with E-state index in [4.69, 9.17) is 4.42 Å². The molecule has 0 amide bonds. The summed E-state index contributed by atoms with van der Waals surface area (Å²) < 4.78 is 36.7. The van der Waals surface area contributed by atoms with Crippen LogP contribution in [0.5, 0.6) is 0 Å². The summed E-state index contributed by atoms with van der Waals surface area (Å²) in [4.78, 5) is 23.6. The number of hydrogen-bond acceptors (Lipinski definition) is 4. The maximum absolute atomic E-state index is 13.3. The molecule has 0 saturated heterocycles. The van der Waals surface area contributed by atoms with Crippen LogP contribution in [0.3, 0.4) is 0 Å². The lowest BCUT2D eigenvalue weighted by atomic mass is 10.1. The third-order valence-electron chi connectivity index (χ3n) is 3.34. The number of ether oxygens (including phenoxy) is 1. The Hall–Kier alpha value is -3.02. The highest BCUT2D eigenvalue weighted by Gasteiger charge is 2.13. The maximum Gasteiger partial charge on any atom is 0.337 e. The molecule has 0 N–H and O–H groups in total. The summed E-state index contributed by atoms with van der Waals surface area (Å²) in [5, 5.41) is -0.0585. The number of halogens is 2. The van der Waals surface area contributed by atoms with Crippen LogP contribution in [-0.2, 0) is 4.74 Å². The lowest BCUT2D eigenvalue weighted by Gasteiger charge is -2.05. The van der Waals surface area contributed by atoms with Gasteiger partial charge < -0.3 is 9.15 Å². The Kier molecular flexibility index (Phi) is 3.65. The zero-order valence-electron chi connectivity index (χ0n) is 11.9. The first-order valence-corrected chi connectivity index (χ1v) is 6.61. The molecular weight excluding hydrogens is 306 g/mol. The van der Waals surface area contributed by atoms with E-state index in [9.17, 15) is 18.4 Å². The average Bonchev–Trinajstić information content (AvgIpc) is 2.56. The third-order valence-corrected chi connectivity index (χ3v) is 3.34. The number of esters is 1. The highest BCUT2D eigenvalue weighted by molar-refractivity contribution is 5.91. The largest absolute Gasteiger partial charge is 0.465 e. The van der Waals surface area contributed by atoms with Crippen molar-refractivity contribution in [2.75, 3.05) is 7.11 Å². The SMILES string of the molecule is COC(=O)c1cccc(-c2cc(=O)c3cc(F)c(F)cc3o2)c1. The van der Waals surface area contributed by atoms with Gasteiger partial charge in [0.15, 0.2) is 17.1 Å². The fourth-order valence-electron chi connectivity index (χ4n) is 2.21. The quantitative estimate of drug-likeness (QED) is 0.679. The summed E-state index contributed by atoms with van der Waals surface area (Å²) >= 11 is 0. The second kappa shape index (κ2) is 5.64. The molecule has 0 saturated carbocycles. The second-order valence-corrected chi connectivity index (χ2v) is 4.81. The lowest BCUT2D eigenvalue weighted by Crippen LogP contribution is -2.03. The van der Waals surface area contributed by atoms with Gasteiger partial charge >= 0.3 is 5.97 Å². The molecule has 3 rings (SSSR count). The van der Waals surface area contributed by atoms with Crippen molar-refractivity contribution in [3.63, 3.8) is 0 Å². The van der Waals surface area contributed by atoms with Gasteiger partial charge in [0.1, 0.15) is 11.3 Å². The Morgan fingerprint density at radius 3 is 2.57 bits per heavy atom. The summed E-state index contributed by atoms with van der Waals surface area (Å²) in [6.45, 7) is 0. The van der Waals surface area contributed by atoms with Crippen LogP contribution in [0.25, 0.3) is 22.3 Å². The van der Waals surface area contributed by atoms with Gasteiger partial charge in [-0.3, -0.25) is 4.79 Å². The highest BCUT2D eigenvalue weighted by atomic mass is 19.2. The smallest absolute Gasteiger partial charge is 0.337 e. The predicted molar refractivity (Wildman–Crippen MR) is 79.2 cm³/mol. The van der Waals surface area contributed by atoms with Crippen LogP contribution in [0, 0.1) is 11.6 Å². The number of carbonyl (C=O) groups is 1. The molecular formula is C17H10F2O4. The van der Waals surface area contributed by atoms with Gasteiger partial charge in [-0.25, -0.2) is 13.6 Å². The van der Waals surface area contributed by atoms with E-state index in [1.807, 2.05) is 0 Å². The van der Waals surface area contributed by atoms with Gasteiger partial charge in [-0.15, -0.1) is 0 Å². The average molecular weight is 316 g/mol. The van der Waals surface area contributed by atoms with Crippen LogP contribution in [0.2, 0.25) is 0 Å². The summed E-state index contributed by atoms with van der Waals surface area (Å²) in [7, 11) is 1.25. The van der Waals surface area contributed by atoms with E-state index in [-0.39, 0.29) is 22.3 Å². The molecule has 2 aromatic carbocycles. The van der Waals surface area contributed by atoms with Crippen molar-refractivity contribution in [3.8, 4) is 11.3 Å². The zero-order chi connectivity index (χ0) is 16.6. The van der Waals surface area contributed by atoms with E-state index >= 15 is 0 Å². The monoisotopic (exact) mass is 316 g/mol. The van der Waals surface area contributed by atoms with E-state index in [1.165, 1.54) is 13.2 Å². The van der Waals surface area contributed by atoms with Gasteiger partial charge in [0.25, 0.3) is 0 Å². The molecule has 0 spiro atoms. The Morgan fingerprint density at radius 2 is 1.83 bits per heavy atom. The summed E-state index contributed by atoms with van der Waals surface area (Å²) in [6, 6.07) is 9.02. The highest BCUT2D eigenvalue weighted by Crippen LogP contribution is 2.24. The van der Waals surface area contributed by atoms with E-state index in [2.05, 4.69) is 4.74 Å². The van der Waals surface area contributed by atoms with Crippen molar-refractivity contribution in [2.45, 2.75) is 0 Å². The number of fused-ring (bicyclic) bond motifs is 1. The standard InChI is InChI=1S/C17H10F2O4/c1-22-17(21)10-4-2-3-9(5-10)15-8-14(20)11-6-12(18)13(19)7-16(11)23-15/h2-8H,1H3. The fraction of sp³-hybridized carbons (Fsp3) is 0.0588. The Labute approximate surface area is 128 Å². The Bertz CT molecular complexity index is 976. The van der Waals surface area contributed by atoms with Crippen LogP contribution in [0.4, 0.5) is 8.78 Å². The molecule has 4 nitrogen and oxygen atoms in total. The lowest BCUT2D eigenvalue weighted by molar-refractivity contribution is 0.0601. The molecule has 0 bridgehead atoms. The molecule has 0 aliphatic rings. The minimum absolute atomic E-state index is 0.0585. The van der Waals surface area contributed by atoms with E-state index in [0.717, 1.165) is 18.2 Å². The van der Waals surface area contributed by atoms with Crippen molar-refractivity contribution < 1.29 is 22.7 Å². The van der Waals surface area contributed by atoms with Crippen molar-refractivity contribution in [1.82, 2.24) is 0 Å². The molecule has 1 heterocycles. The molecule has 0 aliphatic carbocycles. The van der Waals surface area contributed by atoms with Crippen molar-refractivity contribution in [3.05, 3.63) is 69.9 Å². The third kappa shape index (κ3) is 2.70. The topological polar surface area (TPSA) is 56.5 Å². The number of hydrogen-bond donors (Lipinski definition) is 0. The van der Waals surface area contributed by atoms with Gasteiger partial charge in [0.05, 0.1) is 18.1 Å². The molecule has 0 fully saturated rings. The molecule has 23 heavy (non-hydrogen) atoms. The second-order valence-electron chi connectivity index (χ2n) is 4.81. The van der Waals surface area contributed by atoms with Crippen LogP contribution in [0.1, 0.15) is 10.4 Å². The maximum atomic E-state index is 13.3. The molecule has 0 aliphatic heterocycles. The molecule has 1 aromatic heterocycles. The fourth-order valence-corrected chi connectivity index (χ4v) is 2.21. The van der Waals surface area contributed by atoms with Gasteiger partial charge in [-0.1, -0.05) is 12.1 Å². The number of methoxy groups -OCH3 is 1. The summed E-state index contributed by atoms with van der Waals surface area (Å²) in [6.07, 6.45) is 0.